The van der Waals surface area contributed by atoms with Gasteiger partial charge in [0.1, 0.15) is 34.7 Å². The summed E-state index contributed by atoms with van der Waals surface area (Å²) < 4.78 is 0. The molecule has 5 N–H and O–H groups in total. The summed E-state index contributed by atoms with van der Waals surface area (Å²) in [6.45, 7) is 5.06. The lowest BCUT2D eigenvalue weighted by Crippen LogP contribution is -2.46. The summed E-state index contributed by atoms with van der Waals surface area (Å²) in [5, 5.41) is 30.9. The zero-order valence-electron chi connectivity index (χ0n) is 18.2. The third-order valence-corrected chi connectivity index (χ3v) is 5.65. The van der Waals surface area contributed by atoms with Crippen LogP contribution in [0.25, 0.3) is 10.8 Å². The number of ketones is 2. The van der Waals surface area contributed by atoms with Gasteiger partial charge >= 0.3 is 0 Å². The molecule has 0 aromatic heterocycles. The summed E-state index contributed by atoms with van der Waals surface area (Å²) in [7, 11) is 0. The van der Waals surface area contributed by atoms with E-state index in [0.29, 0.717) is 10.8 Å². The van der Waals surface area contributed by atoms with Crippen molar-refractivity contribution in [1.82, 2.24) is 5.43 Å². The molecule has 1 saturated carbocycles. The summed E-state index contributed by atoms with van der Waals surface area (Å²) in [5.41, 5.74) is 8.22. The molecule has 0 unspecified atom stereocenters. The Kier molecular flexibility index (Phi) is 6.54. The van der Waals surface area contributed by atoms with Gasteiger partial charge in [0.25, 0.3) is 5.91 Å². The summed E-state index contributed by atoms with van der Waals surface area (Å²) in [6.07, 6.45) is 0.119. The first-order valence-corrected chi connectivity index (χ1v) is 10.4. The van der Waals surface area contributed by atoms with E-state index < -0.39 is 34.5 Å². The van der Waals surface area contributed by atoms with Crippen LogP contribution in [0.2, 0.25) is 0 Å². The SMILES string of the molecule is Cc1c(NC(=O)/C(=N/NC(=S)N=N)C2C(=O)CC(C)(C)CC2=O)c(O)c2ccccc2c1O. The minimum absolute atomic E-state index is 0.0595. The van der Waals surface area contributed by atoms with Crippen molar-refractivity contribution in [3.05, 3.63) is 29.8 Å². The van der Waals surface area contributed by atoms with Gasteiger partial charge in [-0.15, -0.1) is 5.11 Å². The number of aromatic hydroxyl groups is 2. The van der Waals surface area contributed by atoms with E-state index in [-0.39, 0.29) is 40.7 Å². The molecule has 0 spiro atoms. The molecule has 0 atom stereocenters. The van der Waals surface area contributed by atoms with E-state index in [1.54, 1.807) is 38.1 Å². The van der Waals surface area contributed by atoms with Gasteiger partial charge in [0.05, 0.1) is 5.69 Å². The third kappa shape index (κ3) is 4.72. The van der Waals surface area contributed by atoms with E-state index in [0.717, 1.165) is 0 Å². The van der Waals surface area contributed by atoms with Crippen molar-refractivity contribution in [3.8, 4) is 11.5 Å². The van der Waals surface area contributed by atoms with E-state index in [4.69, 9.17) is 17.7 Å². The Morgan fingerprint density at radius 2 is 1.67 bits per heavy atom. The average Bonchev–Trinajstić information content (AvgIpc) is 2.75. The van der Waals surface area contributed by atoms with Crippen LogP contribution >= 0.6 is 12.2 Å². The second-order valence-corrected chi connectivity index (χ2v) is 8.99. The number of anilines is 1. The van der Waals surface area contributed by atoms with Crippen LogP contribution in [0.3, 0.4) is 0 Å². The molecule has 11 heteroatoms. The third-order valence-electron chi connectivity index (χ3n) is 5.47. The Morgan fingerprint density at radius 1 is 1.12 bits per heavy atom. The highest BCUT2D eigenvalue weighted by Crippen LogP contribution is 2.42. The van der Waals surface area contributed by atoms with Gasteiger partial charge in [-0.2, -0.15) is 5.10 Å². The molecule has 0 aliphatic heterocycles. The Balaban J connectivity index is 2.05. The van der Waals surface area contributed by atoms with Crippen LogP contribution in [-0.4, -0.2) is 38.5 Å². The predicted molar refractivity (Wildman–Crippen MR) is 125 cm³/mol. The number of phenolic OH excluding ortho intramolecular Hbond substituents is 2. The minimum atomic E-state index is -1.45. The maximum Gasteiger partial charge on any atom is 0.273 e. The van der Waals surface area contributed by atoms with Gasteiger partial charge in [-0.3, -0.25) is 19.8 Å². The number of hydrazone groups is 1. The Bertz CT molecular complexity index is 1220. The van der Waals surface area contributed by atoms with Gasteiger partial charge in [-0.25, -0.2) is 5.53 Å². The maximum atomic E-state index is 13.2. The molecule has 0 heterocycles. The molecule has 33 heavy (non-hydrogen) atoms. The van der Waals surface area contributed by atoms with Crippen LogP contribution in [0, 0.1) is 23.8 Å². The number of rotatable bonds is 4. The summed E-state index contributed by atoms with van der Waals surface area (Å²) in [5.74, 6) is -3.80. The van der Waals surface area contributed by atoms with Gasteiger partial charge in [-0.05, 0) is 24.6 Å². The molecule has 172 valence electrons. The first-order chi connectivity index (χ1) is 15.5. The van der Waals surface area contributed by atoms with Crippen LogP contribution in [0.5, 0.6) is 11.5 Å². The number of amides is 1. The molecular weight excluding hydrogens is 446 g/mol. The lowest BCUT2D eigenvalue weighted by Gasteiger charge is -2.32. The van der Waals surface area contributed by atoms with Gasteiger partial charge in [-0.1, -0.05) is 38.1 Å². The topological polar surface area (TPSA) is 164 Å². The Hall–Kier alpha value is -3.73. The molecule has 0 radical (unpaired) electrons. The average molecular weight is 470 g/mol. The maximum absolute atomic E-state index is 13.2. The number of carbonyl (C=O) groups excluding carboxylic acids is 3. The molecule has 1 aliphatic carbocycles. The number of Topliss-reactive ketones (excluding diaryl/α,β-unsaturated/α-hetero) is 2. The number of hydrogen-bond acceptors (Lipinski definition) is 8. The van der Waals surface area contributed by atoms with E-state index in [1.165, 1.54) is 6.92 Å². The molecule has 0 bridgehead atoms. The highest BCUT2D eigenvalue weighted by molar-refractivity contribution is 7.80. The molecule has 2 aromatic rings. The largest absolute Gasteiger partial charge is 0.507 e. The first-order valence-electron chi connectivity index (χ1n) is 10.0. The fourth-order valence-corrected chi connectivity index (χ4v) is 3.98. The number of phenols is 2. The first kappa shape index (κ1) is 23.9. The zero-order valence-corrected chi connectivity index (χ0v) is 19.0. The van der Waals surface area contributed by atoms with Crippen LogP contribution in [-0.2, 0) is 14.4 Å². The van der Waals surface area contributed by atoms with Crippen LogP contribution in [0.4, 0.5) is 5.69 Å². The molecule has 2 aromatic carbocycles. The van der Waals surface area contributed by atoms with E-state index in [2.05, 4.69) is 21.0 Å². The van der Waals surface area contributed by atoms with Crippen molar-refractivity contribution in [2.75, 3.05) is 5.32 Å². The lowest BCUT2D eigenvalue weighted by molar-refractivity contribution is -0.137. The monoisotopic (exact) mass is 469 g/mol. The van der Waals surface area contributed by atoms with Crippen molar-refractivity contribution in [3.63, 3.8) is 0 Å². The summed E-state index contributed by atoms with van der Waals surface area (Å²) in [6, 6.07) is 6.54. The molecule has 10 nitrogen and oxygen atoms in total. The Labute approximate surface area is 194 Å². The molecular formula is C22H23N5O5S. The smallest absolute Gasteiger partial charge is 0.273 e. The molecule has 0 saturated heterocycles. The van der Waals surface area contributed by atoms with Gasteiger partial charge in [0.2, 0.25) is 5.11 Å². The zero-order chi connectivity index (χ0) is 24.5. The number of benzene rings is 2. The second kappa shape index (κ2) is 9.02. The summed E-state index contributed by atoms with van der Waals surface area (Å²) >= 11 is 4.75. The van der Waals surface area contributed by atoms with Gasteiger partial charge in [0, 0.05) is 29.2 Å². The highest BCUT2D eigenvalue weighted by atomic mass is 32.1. The van der Waals surface area contributed by atoms with Crippen molar-refractivity contribution in [2.45, 2.75) is 33.6 Å². The number of carbonyl (C=O) groups is 3. The van der Waals surface area contributed by atoms with Gasteiger partial charge in [0.15, 0.2) is 0 Å². The fourth-order valence-electron chi connectivity index (χ4n) is 3.93. The van der Waals surface area contributed by atoms with Crippen LogP contribution < -0.4 is 10.7 Å². The predicted octanol–water partition coefficient (Wildman–Crippen LogP) is 3.33. The van der Waals surface area contributed by atoms with E-state index >= 15 is 0 Å². The van der Waals surface area contributed by atoms with Gasteiger partial charge < -0.3 is 15.5 Å². The molecule has 1 amide bonds. The van der Waals surface area contributed by atoms with Crippen molar-refractivity contribution < 1.29 is 24.6 Å². The quantitative estimate of drug-likeness (QED) is 0.0871. The number of hydrogen-bond donors (Lipinski definition) is 5. The van der Waals surface area contributed by atoms with E-state index in [1.807, 2.05) is 0 Å². The van der Waals surface area contributed by atoms with Crippen molar-refractivity contribution >= 4 is 57.0 Å². The lowest BCUT2D eigenvalue weighted by atomic mass is 9.70. The number of fused-ring (bicyclic) bond motifs is 1. The number of thiocarbonyl (C=S) groups is 1. The van der Waals surface area contributed by atoms with Crippen molar-refractivity contribution in [2.24, 2.45) is 21.5 Å². The normalized spacial score (nSPS) is 16.5. The standard InChI is InChI=1S/C22H23N5O5S/c1-10-16(19(31)12-7-5-4-6-11(12)18(10)30)24-20(32)17(26-27-21(33)25-23)15-13(28)8-22(2,3)9-14(15)29/h4-7,15,23,30-31H,8-9H2,1-3H3,(H,24,32)(H,27,33)/b25-23?,26-17+. The van der Waals surface area contributed by atoms with Crippen molar-refractivity contribution in [1.29, 1.82) is 5.53 Å². The minimum Gasteiger partial charge on any atom is -0.507 e. The van der Waals surface area contributed by atoms with Crippen LogP contribution in [0.1, 0.15) is 32.3 Å². The van der Waals surface area contributed by atoms with Crippen LogP contribution in [0.15, 0.2) is 34.5 Å². The van der Waals surface area contributed by atoms with E-state index in [9.17, 15) is 24.6 Å². The number of nitrogens with one attached hydrogen (secondary N) is 3. The fraction of sp³-hybridized carbons (Fsp3) is 0.318. The molecule has 3 rings (SSSR count). The highest BCUT2D eigenvalue weighted by Gasteiger charge is 2.44. The summed E-state index contributed by atoms with van der Waals surface area (Å²) in [4.78, 5) is 38.8. The Morgan fingerprint density at radius 3 is 2.21 bits per heavy atom. The molecule has 1 aliphatic rings. The number of nitrogens with zero attached hydrogens (tertiary/aromatic N) is 2. The molecule has 1 fully saturated rings. The second-order valence-electron chi connectivity index (χ2n) is 8.61.